The number of benzene rings is 1. The van der Waals surface area contributed by atoms with E-state index in [-0.39, 0.29) is 0 Å². The van der Waals surface area contributed by atoms with Crippen LogP contribution < -0.4 is 0 Å². The van der Waals surface area contributed by atoms with Crippen LogP contribution in [0.5, 0.6) is 0 Å². The SMILES string of the molecule is CC1OCCC1Cn1c(CCCl)nc2ccccc21. The van der Waals surface area contributed by atoms with Crippen LogP contribution in [0.3, 0.4) is 0 Å². The highest BCUT2D eigenvalue weighted by molar-refractivity contribution is 6.17. The molecule has 0 aliphatic carbocycles. The minimum Gasteiger partial charge on any atom is -0.378 e. The fourth-order valence-corrected chi connectivity index (χ4v) is 3.02. The summed E-state index contributed by atoms with van der Waals surface area (Å²) in [7, 11) is 0. The van der Waals surface area contributed by atoms with Gasteiger partial charge in [0, 0.05) is 31.4 Å². The summed E-state index contributed by atoms with van der Waals surface area (Å²) in [5.41, 5.74) is 2.27. The molecule has 0 amide bonds. The average molecular weight is 279 g/mol. The van der Waals surface area contributed by atoms with E-state index >= 15 is 0 Å². The lowest BCUT2D eigenvalue weighted by Crippen LogP contribution is -2.19. The fraction of sp³-hybridized carbons (Fsp3) is 0.533. The smallest absolute Gasteiger partial charge is 0.111 e. The van der Waals surface area contributed by atoms with Gasteiger partial charge in [-0.3, -0.25) is 0 Å². The first-order chi connectivity index (χ1) is 9.29. The van der Waals surface area contributed by atoms with E-state index < -0.39 is 0 Å². The number of hydrogen-bond donors (Lipinski definition) is 0. The van der Waals surface area contributed by atoms with E-state index in [1.807, 2.05) is 6.07 Å². The van der Waals surface area contributed by atoms with Crippen molar-refractivity contribution in [1.82, 2.24) is 9.55 Å². The van der Waals surface area contributed by atoms with Crippen molar-refractivity contribution in [2.75, 3.05) is 12.5 Å². The molecule has 2 aromatic rings. The van der Waals surface area contributed by atoms with Crippen molar-refractivity contribution in [3.05, 3.63) is 30.1 Å². The first-order valence-electron chi connectivity index (χ1n) is 6.91. The maximum Gasteiger partial charge on any atom is 0.111 e. The normalized spacial score (nSPS) is 23.3. The van der Waals surface area contributed by atoms with E-state index in [0.29, 0.717) is 17.9 Å². The highest BCUT2D eigenvalue weighted by Gasteiger charge is 2.26. The second-order valence-electron chi connectivity index (χ2n) is 5.19. The number of nitrogens with zero attached hydrogens (tertiary/aromatic N) is 2. The third-order valence-corrected chi connectivity index (χ3v) is 4.19. The third kappa shape index (κ3) is 2.49. The Kier molecular flexibility index (Phi) is 3.76. The Hall–Kier alpha value is -1.06. The molecule has 3 rings (SSSR count). The van der Waals surface area contributed by atoms with Gasteiger partial charge in [-0.05, 0) is 25.5 Å². The number of fused-ring (bicyclic) bond motifs is 1. The van der Waals surface area contributed by atoms with Gasteiger partial charge in [0.2, 0.25) is 0 Å². The lowest BCUT2D eigenvalue weighted by atomic mass is 10.0. The minimum absolute atomic E-state index is 0.338. The Labute approximate surface area is 118 Å². The molecule has 0 radical (unpaired) electrons. The molecule has 1 aliphatic heterocycles. The Bertz CT molecular complexity index is 566. The first kappa shape index (κ1) is 12.9. The van der Waals surface area contributed by atoms with Crippen molar-refractivity contribution in [2.24, 2.45) is 5.92 Å². The van der Waals surface area contributed by atoms with Crippen molar-refractivity contribution in [2.45, 2.75) is 32.4 Å². The molecule has 19 heavy (non-hydrogen) atoms. The second-order valence-corrected chi connectivity index (χ2v) is 5.57. The van der Waals surface area contributed by atoms with Crippen LogP contribution in [0.25, 0.3) is 11.0 Å². The average Bonchev–Trinajstić information content (AvgIpc) is 2.96. The van der Waals surface area contributed by atoms with E-state index in [1.165, 1.54) is 5.52 Å². The molecule has 102 valence electrons. The van der Waals surface area contributed by atoms with Gasteiger partial charge in [-0.2, -0.15) is 0 Å². The quantitative estimate of drug-likeness (QED) is 0.803. The van der Waals surface area contributed by atoms with Crippen molar-refractivity contribution in [3.8, 4) is 0 Å². The summed E-state index contributed by atoms with van der Waals surface area (Å²) in [5.74, 6) is 2.28. The predicted octanol–water partition coefficient (Wildman–Crippen LogP) is 3.24. The summed E-state index contributed by atoms with van der Waals surface area (Å²) in [6.45, 7) is 4.02. The van der Waals surface area contributed by atoms with E-state index in [0.717, 1.165) is 37.3 Å². The lowest BCUT2D eigenvalue weighted by Gasteiger charge is -2.17. The summed E-state index contributed by atoms with van der Waals surface area (Å²) < 4.78 is 7.99. The highest BCUT2D eigenvalue weighted by atomic mass is 35.5. The van der Waals surface area contributed by atoms with Crippen LogP contribution in [0.1, 0.15) is 19.2 Å². The zero-order valence-electron chi connectivity index (χ0n) is 11.2. The molecule has 1 aromatic carbocycles. The third-order valence-electron chi connectivity index (χ3n) is 4.00. The van der Waals surface area contributed by atoms with Crippen LogP contribution in [-0.4, -0.2) is 28.1 Å². The first-order valence-corrected chi connectivity index (χ1v) is 7.44. The second kappa shape index (κ2) is 5.51. The van der Waals surface area contributed by atoms with Crippen LogP contribution in [-0.2, 0) is 17.7 Å². The van der Waals surface area contributed by atoms with Gasteiger partial charge in [-0.25, -0.2) is 4.98 Å². The number of para-hydroxylation sites is 2. The van der Waals surface area contributed by atoms with Crippen LogP contribution >= 0.6 is 11.6 Å². The number of aromatic nitrogens is 2. The topological polar surface area (TPSA) is 27.1 Å². The molecule has 0 N–H and O–H groups in total. The number of aryl methyl sites for hydroxylation is 1. The summed E-state index contributed by atoms with van der Waals surface area (Å²) in [5, 5.41) is 0. The van der Waals surface area contributed by atoms with Crippen LogP contribution in [0.2, 0.25) is 0 Å². The standard InChI is InChI=1S/C15H19ClN2O/c1-11-12(7-9-19-11)10-18-14-5-3-2-4-13(14)17-15(18)6-8-16/h2-5,11-12H,6-10H2,1H3. The van der Waals surface area contributed by atoms with Gasteiger partial charge in [0.15, 0.2) is 0 Å². The maximum absolute atomic E-state index is 5.90. The molecule has 1 saturated heterocycles. The summed E-state index contributed by atoms with van der Waals surface area (Å²) >= 11 is 5.90. The summed E-state index contributed by atoms with van der Waals surface area (Å²) in [6.07, 6.45) is 2.29. The number of alkyl halides is 1. The Morgan fingerprint density at radius 3 is 3.00 bits per heavy atom. The predicted molar refractivity (Wildman–Crippen MR) is 77.7 cm³/mol. The van der Waals surface area contributed by atoms with Gasteiger partial charge in [0.1, 0.15) is 5.82 Å². The zero-order chi connectivity index (χ0) is 13.2. The minimum atomic E-state index is 0.338. The molecule has 1 aromatic heterocycles. The molecule has 2 atom stereocenters. The van der Waals surface area contributed by atoms with Crippen LogP contribution in [0, 0.1) is 5.92 Å². The molecular weight excluding hydrogens is 260 g/mol. The van der Waals surface area contributed by atoms with E-state index in [2.05, 4.69) is 29.7 Å². The Balaban J connectivity index is 1.97. The molecule has 1 fully saturated rings. The van der Waals surface area contributed by atoms with Gasteiger partial charge in [0.25, 0.3) is 0 Å². The molecule has 3 nitrogen and oxygen atoms in total. The Morgan fingerprint density at radius 2 is 2.26 bits per heavy atom. The maximum atomic E-state index is 5.90. The van der Waals surface area contributed by atoms with Gasteiger partial charge in [0.05, 0.1) is 17.1 Å². The monoisotopic (exact) mass is 278 g/mol. The van der Waals surface area contributed by atoms with Crippen molar-refractivity contribution in [3.63, 3.8) is 0 Å². The molecule has 0 spiro atoms. The molecule has 0 saturated carbocycles. The van der Waals surface area contributed by atoms with Crippen LogP contribution in [0.4, 0.5) is 0 Å². The van der Waals surface area contributed by atoms with Gasteiger partial charge in [-0.1, -0.05) is 12.1 Å². The molecular formula is C15H19ClN2O. The lowest BCUT2D eigenvalue weighted by molar-refractivity contribution is 0.102. The number of ether oxygens (including phenoxy) is 1. The molecule has 2 unspecified atom stereocenters. The fourth-order valence-electron chi connectivity index (χ4n) is 2.85. The largest absolute Gasteiger partial charge is 0.378 e. The van der Waals surface area contributed by atoms with Gasteiger partial charge < -0.3 is 9.30 Å². The van der Waals surface area contributed by atoms with E-state index in [4.69, 9.17) is 21.3 Å². The molecule has 1 aliphatic rings. The zero-order valence-corrected chi connectivity index (χ0v) is 11.9. The van der Waals surface area contributed by atoms with E-state index in [1.54, 1.807) is 0 Å². The van der Waals surface area contributed by atoms with Gasteiger partial charge >= 0.3 is 0 Å². The molecule has 0 bridgehead atoms. The highest BCUT2D eigenvalue weighted by Crippen LogP contribution is 2.25. The Morgan fingerprint density at radius 1 is 1.42 bits per heavy atom. The number of halogens is 1. The number of rotatable bonds is 4. The number of imidazole rings is 1. The number of hydrogen-bond acceptors (Lipinski definition) is 2. The molecule has 4 heteroatoms. The van der Waals surface area contributed by atoms with Crippen molar-refractivity contribution < 1.29 is 4.74 Å². The van der Waals surface area contributed by atoms with Crippen LogP contribution in [0.15, 0.2) is 24.3 Å². The van der Waals surface area contributed by atoms with Crippen molar-refractivity contribution in [1.29, 1.82) is 0 Å². The summed E-state index contributed by atoms with van der Waals surface area (Å²) in [4.78, 5) is 4.71. The summed E-state index contributed by atoms with van der Waals surface area (Å²) in [6, 6.07) is 8.31. The van der Waals surface area contributed by atoms with E-state index in [9.17, 15) is 0 Å². The van der Waals surface area contributed by atoms with Crippen molar-refractivity contribution >= 4 is 22.6 Å². The molecule has 2 heterocycles. The van der Waals surface area contributed by atoms with Gasteiger partial charge in [-0.15, -0.1) is 11.6 Å².